The van der Waals surface area contributed by atoms with Crippen molar-refractivity contribution in [2.45, 2.75) is 40.2 Å². The van der Waals surface area contributed by atoms with Gasteiger partial charge in [0.05, 0.1) is 22.7 Å². The molecule has 0 radical (unpaired) electrons. The number of nitrogens with two attached hydrogens (primary N) is 1. The van der Waals surface area contributed by atoms with Crippen molar-refractivity contribution in [3.63, 3.8) is 0 Å². The molecule has 2 N–H and O–H groups in total. The standard InChI is InChI=1S/C14H20BrN5/c1-8(2)5-10-12(15)13(16)19-14(18-10)11-6-17-7-20(11)9(3)4/h6-9H,5H2,1-4H3,(H2,16,18,19). The van der Waals surface area contributed by atoms with E-state index < -0.39 is 0 Å². The smallest absolute Gasteiger partial charge is 0.180 e. The Labute approximate surface area is 127 Å². The first-order valence-corrected chi connectivity index (χ1v) is 7.53. The van der Waals surface area contributed by atoms with Crippen molar-refractivity contribution in [1.82, 2.24) is 19.5 Å². The van der Waals surface area contributed by atoms with Gasteiger partial charge >= 0.3 is 0 Å². The molecule has 20 heavy (non-hydrogen) atoms. The number of nitrogen functional groups attached to an aromatic ring is 1. The van der Waals surface area contributed by atoms with Crippen molar-refractivity contribution in [2.75, 3.05) is 5.73 Å². The van der Waals surface area contributed by atoms with E-state index in [2.05, 4.69) is 58.6 Å². The molecule has 108 valence electrons. The van der Waals surface area contributed by atoms with Gasteiger partial charge in [0, 0.05) is 6.04 Å². The molecule has 0 fully saturated rings. The summed E-state index contributed by atoms with van der Waals surface area (Å²) in [7, 11) is 0. The van der Waals surface area contributed by atoms with Crippen LogP contribution in [-0.4, -0.2) is 19.5 Å². The van der Waals surface area contributed by atoms with Gasteiger partial charge in [0.25, 0.3) is 0 Å². The van der Waals surface area contributed by atoms with E-state index in [-0.39, 0.29) is 0 Å². The predicted octanol–water partition coefficient (Wildman–Crippen LogP) is 3.46. The van der Waals surface area contributed by atoms with Gasteiger partial charge in [0.1, 0.15) is 11.5 Å². The first-order chi connectivity index (χ1) is 9.40. The Morgan fingerprint density at radius 2 is 1.95 bits per heavy atom. The maximum atomic E-state index is 6.00. The van der Waals surface area contributed by atoms with Crippen LogP contribution in [-0.2, 0) is 6.42 Å². The van der Waals surface area contributed by atoms with Gasteiger partial charge in [-0.05, 0) is 42.1 Å². The molecule has 0 unspecified atom stereocenters. The molecule has 0 bridgehead atoms. The van der Waals surface area contributed by atoms with Crippen LogP contribution in [0.25, 0.3) is 11.5 Å². The first kappa shape index (κ1) is 15.0. The molecule has 0 aromatic carbocycles. The molecule has 0 saturated heterocycles. The van der Waals surface area contributed by atoms with E-state index >= 15 is 0 Å². The van der Waals surface area contributed by atoms with Gasteiger partial charge in [-0.25, -0.2) is 15.0 Å². The zero-order valence-corrected chi connectivity index (χ0v) is 13.8. The van der Waals surface area contributed by atoms with Crippen molar-refractivity contribution in [2.24, 2.45) is 5.92 Å². The number of imidazole rings is 1. The maximum Gasteiger partial charge on any atom is 0.180 e. The zero-order chi connectivity index (χ0) is 14.9. The molecule has 2 aromatic heterocycles. The van der Waals surface area contributed by atoms with E-state index in [0.29, 0.717) is 23.6 Å². The molecule has 0 aliphatic carbocycles. The summed E-state index contributed by atoms with van der Waals surface area (Å²) in [4.78, 5) is 13.2. The number of rotatable bonds is 4. The van der Waals surface area contributed by atoms with Crippen LogP contribution < -0.4 is 5.73 Å². The highest BCUT2D eigenvalue weighted by Gasteiger charge is 2.16. The fourth-order valence-electron chi connectivity index (χ4n) is 2.04. The molecular formula is C14H20BrN5. The van der Waals surface area contributed by atoms with Crippen LogP contribution in [0, 0.1) is 5.92 Å². The molecular weight excluding hydrogens is 318 g/mol. The second kappa shape index (κ2) is 5.91. The van der Waals surface area contributed by atoms with Gasteiger partial charge in [-0.3, -0.25) is 0 Å². The van der Waals surface area contributed by atoms with Crippen molar-refractivity contribution in [3.05, 3.63) is 22.7 Å². The summed E-state index contributed by atoms with van der Waals surface area (Å²) >= 11 is 3.48. The second-order valence-electron chi connectivity index (χ2n) is 5.57. The van der Waals surface area contributed by atoms with Crippen molar-refractivity contribution in [1.29, 1.82) is 0 Å². The maximum absolute atomic E-state index is 6.00. The monoisotopic (exact) mass is 337 g/mol. The lowest BCUT2D eigenvalue weighted by molar-refractivity contribution is 0.601. The molecule has 0 aliphatic heterocycles. The Kier molecular flexibility index (Phi) is 4.42. The third-order valence-electron chi connectivity index (χ3n) is 3.00. The summed E-state index contributed by atoms with van der Waals surface area (Å²) < 4.78 is 2.84. The molecule has 0 amide bonds. The number of hydrogen-bond acceptors (Lipinski definition) is 4. The zero-order valence-electron chi connectivity index (χ0n) is 12.3. The van der Waals surface area contributed by atoms with Crippen LogP contribution in [0.15, 0.2) is 17.0 Å². The molecule has 0 aliphatic rings. The van der Waals surface area contributed by atoms with Crippen LogP contribution in [0.3, 0.4) is 0 Å². The normalized spacial score (nSPS) is 11.6. The quantitative estimate of drug-likeness (QED) is 0.927. The van der Waals surface area contributed by atoms with Crippen LogP contribution in [0.4, 0.5) is 5.82 Å². The highest BCUT2D eigenvalue weighted by atomic mass is 79.9. The number of nitrogens with zero attached hydrogens (tertiary/aromatic N) is 4. The molecule has 2 heterocycles. The predicted molar refractivity (Wildman–Crippen MR) is 84.3 cm³/mol. The molecule has 5 nitrogen and oxygen atoms in total. The van der Waals surface area contributed by atoms with Crippen molar-refractivity contribution in [3.8, 4) is 11.5 Å². The second-order valence-corrected chi connectivity index (χ2v) is 6.36. The Hall–Kier alpha value is -1.43. The third kappa shape index (κ3) is 3.00. The molecule has 6 heteroatoms. The lowest BCUT2D eigenvalue weighted by atomic mass is 10.1. The van der Waals surface area contributed by atoms with Gasteiger partial charge in [-0.2, -0.15) is 0 Å². The minimum atomic E-state index is 0.300. The highest BCUT2D eigenvalue weighted by Crippen LogP contribution is 2.27. The average Bonchev–Trinajstić information content (AvgIpc) is 2.83. The van der Waals surface area contributed by atoms with Gasteiger partial charge in [0.2, 0.25) is 0 Å². The van der Waals surface area contributed by atoms with E-state index in [4.69, 9.17) is 5.73 Å². The number of aromatic nitrogens is 4. The van der Waals surface area contributed by atoms with Crippen LogP contribution in [0.2, 0.25) is 0 Å². The van der Waals surface area contributed by atoms with Gasteiger partial charge in [-0.15, -0.1) is 0 Å². The lowest BCUT2D eigenvalue weighted by Crippen LogP contribution is -2.08. The fourth-order valence-corrected chi connectivity index (χ4v) is 2.38. The van der Waals surface area contributed by atoms with E-state index in [0.717, 1.165) is 22.3 Å². The molecule has 2 rings (SSSR count). The fraction of sp³-hybridized carbons (Fsp3) is 0.500. The summed E-state index contributed by atoms with van der Waals surface area (Å²) in [6, 6.07) is 0.300. The number of halogens is 1. The minimum Gasteiger partial charge on any atom is -0.383 e. The highest BCUT2D eigenvalue weighted by molar-refractivity contribution is 9.10. The lowest BCUT2D eigenvalue weighted by Gasteiger charge is -2.13. The number of hydrogen-bond donors (Lipinski definition) is 1. The average molecular weight is 338 g/mol. The Balaban J connectivity index is 2.52. The summed E-state index contributed by atoms with van der Waals surface area (Å²) in [5, 5.41) is 0. The van der Waals surface area contributed by atoms with Crippen LogP contribution >= 0.6 is 15.9 Å². The molecule has 0 atom stereocenters. The van der Waals surface area contributed by atoms with Crippen molar-refractivity contribution >= 4 is 21.7 Å². The van der Waals surface area contributed by atoms with E-state index in [9.17, 15) is 0 Å². The largest absolute Gasteiger partial charge is 0.383 e. The topological polar surface area (TPSA) is 69.6 Å². The summed E-state index contributed by atoms with van der Waals surface area (Å²) in [5.74, 6) is 1.61. The minimum absolute atomic E-state index is 0.300. The van der Waals surface area contributed by atoms with E-state index in [1.54, 1.807) is 12.5 Å². The molecule has 0 saturated carbocycles. The van der Waals surface area contributed by atoms with E-state index in [1.807, 2.05) is 4.57 Å². The van der Waals surface area contributed by atoms with Gasteiger partial charge < -0.3 is 10.3 Å². The summed E-state index contributed by atoms with van der Waals surface area (Å²) in [6.07, 6.45) is 4.43. The Morgan fingerprint density at radius 3 is 2.55 bits per heavy atom. The Morgan fingerprint density at radius 1 is 1.25 bits per heavy atom. The first-order valence-electron chi connectivity index (χ1n) is 6.74. The Bertz CT molecular complexity index is 604. The summed E-state index contributed by atoms with van der Waals surface area (Å²) in [5.41, 5.74) is 7.84. The van der Waals surface area contributed by atoms with Crippen molar-refractivity contribution < 1.29 is 0 Å². The van der Waals surface area contributed by atoms with Gasteiger partial charge in [0.15, 0.2) is 5.82 Å². The molecule has 2 aromatic rings. The number of anilines is 1. The van der Waals surface area contributed by atoms with Gasteiger partial charge in [-0.1, -0.05) is 13.8 Å². The van der Waals surface area contributed by atoms with E-state index in [1.165, 1.54) is 0 Å². The SMILES string of the molecule is CC(C)Cc1nc(-c2cncn2C(C)C)nc(N)c1Br. The third-order valence-corrected chi connectivity index (χ3v) is 3.86. The summed E-state index contributed by atoms with van der Waals surface area (Å²) in [6.45, 7) is 8.51. The molecule has 0 spiro atoms. The van der Waals surface area contributed by atoms with Crippen LogP contribution in [0.5, 0.6) is 0 Å². The van der Waals surface area contributed by atoms with Crippen LogP contribution in [0.1, 0.15) is 39.4 Å².